The number of hydrogen-bond acceptors (Lipinski definition) is 2. The molecule has 1 aliphatic rings. The van der Waals surface area contributed by atoms with Gasteiger partial charge in [-0.1, -0.05) is 60.7 Å². The first-order chi connectivity index (χ1) is 9.38. The molecular weight excluding hydrogens is 232 g/mol. The van der Waals surface area contributed by atoms with E-state index in [9.17, 15) is 0 Å². The van der Waals surface area contributed by atoms with Crippen molar-refractivity contribution in [2.24, 2.45) is 10.9 Å². The number of aliphatic imine (C=N–C) groups is 1. The monoisotopic (exact) mass is 246 g/mol. The smallest absolute Gasteiger partial charge is 0.0722 e. The normalized spacial score (nSPS) is 20.4. The van der Waals surface area contributed by atoms with Crippen LogP contribution in [0.25, 0.3) is 0 Å². The first kappa shape index (κ1) is 11.7. The number of rotatable bonds is 3. The maximum Gasteiger partial charge on any atom is 0.0722 e. The molecule has 1 aliphatic carbocycles. The zero-order chi connectivity index (χ0) is 13.1. The summed E-state index contributed by atoms with van der Waals surface area (Å²) >= 11 is 0. The molecule has 0 aliphatic heterocycles. The summed E-state index contributed by atoms with van der Waals surface area (Å²) in [5.74, 6) is 0.0995. The number of nitrogens with zero attached hydrogens (tertiary/aromatic N) is 2. The van der Waals surface area contributed by atoms with Gasteiger partial charge in [0.05, 0.1) is 23.7 Å². The average molecular weight is 246 g/mol. The van der Waals surface area contributed by atoms with E-state index in [0.29, 0.717) is 0 Å². The lowest BCUT2D eigenvalue weighted by molar-refractivity contribution is 0.985. The van der Waals surface area contributed by atoms with Crippen LogP contribution < -0.4 is 0 Å². The van der Waals surface area contributed by atoms with Crippen LogP contribution in [0.2, 0.25) is 0 Å². The highest BCUT2D eigenvalue weighted by Crippen LogP contribution is 2.34. The molecule has 92 valence electrons. The van der Waals surface area contributed by atoms with Crippen molar-refractivity contribution in [2.75, 3.05) is 0 Å². The summed E-state index contributed by atoms with van der Waals surface area (Å²) in [5.41, 5.74) is 3.21. The van der Waals surface area contributed by atoms with Gasteiger partial charge >= 0.3 is 0 Å². The predicted molar refractivity (Wildman–Crippen MR) is 76.0 cm³/mol. The maximum absolute atomic E-state index is 8.91. The molecule has 0 heterocycles. The minimum atomic E-state index is 0.0995. The Labute approximate surface area is 113 Å². The third kappa shape index (κ3) is 2.56. The SMILES string of the molecule is N#C[C@@H]1C[C@@H]1N=C(c1ccccc1)c1ccccc1. The van der Waals surface area contributed by atoms with E-state index >= 15 is 0 Å². The van der Waals surface area contributed by atoms with E-state index in [-0.39, 0.29) is 12.0 Å². The van der Waals surface area contributed by atoms with E-state index in [1.54, 1.807) is 0 Å². The second-order valence-corrected chi connectivity index (χ2v) is 4.75. The summed E-state index contributed by atoms with van der Waals surface area (Å²) in [6.45, 7) is 0. The fourth-order valence-corrected chi connectivity index (χ4v) is 2.14. The quantitative estimate of drug-likeness (QED) is 0.764. The van der Waals surface area contributed by atoms with Crippen molar-refractivity contribution in [1.82, 2.24) is 0 Å². The van der Waals surface area contributed by atoms with Gasteiger partial charge in [0.25, 0.3) is 0 Å². The molecule has 2 nitrogen and oxygen atoms in total. The summed E-state index contributed by atoms with van der Waals surface area (Å²) in [5, 5.41) is 8.91. The van der Waals surface area contributed by atoms with Gasteiger partial charge in [0, 0.05) is 11.1 Å². The highest BCUT2D eigenvalue weighted by molar-refractivity contribution is 6.13. The van der Waals surface area contributed by atoms with E-state index in [1.807, 2.05) is 36.4 Å². The van der Waals surface area contributed by atoms with Crippen LogP contribution in [0.15, 0.2) is 65.7 Å². The van der Waals surface area contributed by atoms with Crippen molar-refractivity contribution in [1.29, 1.82) is 5.26 Å². The molecule has 19 heavy (non-hydrogen) atoms. The largest absolute Gasteiger partial charge is 0.279 e. The molecule has 0 N–H and O–H groups in total. The van der Waals surface area contributed by atoms with Crippen LogP contribution in [0, 0.1) is 17.2 Å². The minimum absolute atomic E-state index is 0.0995. The molecule has 2 aromatic carbocycles. The van der Waals surface area contributed by atoms with E-state index in [1.165, 1.54) is 0 Å². The number of nitriles is 1. The van der Waals surface area contributed by atoms with E-state index < -0.39 is 0 Å². The highest BCUT2D eigenvalue weighted by Gasteiger charge is 2.37. The topological polar surface area (TPSA) is 36.1 Å². The molecule has 0 amide bonds. The van der Waals surface area contributed by atoms with Crippen molar-refractivity contribution in [3.63, 3.8) is 0 Å². The lowest BCUT2D eigenvalue weighted by atomic mass is 10.0. The van der Waals surface area contributed by atoms with Gasteiger partial charge in [0.2, 0.25) is 0 Å². The van der Waals surface area contributed by atoms with Gasteiger partial charge in [-0.3, -0.25) is 4.99 Å². The van der Waals surface area contributed by atoms with Gasteiger partial charge in [0.15, 0.2) is 0 Å². The van der Waals surface area contributed by atoms with E-state index in [4.69, 9.17) is 10.3 Å². The maximum atomic E-state index is 8.91. The Morgan fingerprint density at radius 3 is 1.89 bits per heavy atom. The van der Waals surface area contributed by atoms with Crippen molar-refractivity contribution < 1.29 is 0 Å². The minimum Gasteiger partial charge on any atom is -0.279 e. The second kappa shape index (κ2) is 5.07. The van der Waals surface area contributed by atoms with Crippen molar-refractivity contribution in [3.8, 4) is 6.07 Å². The first-order valence-electron chi connectivity index (χ1n) is 6.47. The van der Waals surface area contributed by atoms with Crippen molar-refractivity contribution in [2.45, 2.75) is 12.5 Å². The van der Waals surface area contributed by atoms with Crippen LogP contribution in [0.5, 0.6) is 0 Å². The molecule has 0 bridgehead atoms. The number of hydrogen-bond donors (Lipinski definition) is 0. The van der Waals surface area contributed by atoms with Gasteiger partial charge in [-0.2, -0.15) is 5.26 Å². The molecule has 0 unspecified atom stereocenters. The Morgan fingerprint density at radius 2 is 1.47 bits per heavy atom. The summed E-state index contributed by atoms with van der Waals surface area (Å²) in [6.07, 6.45) is 0.889. The zero-order valence-corrected chi connectivity index (χ0v) is 10.5. The lowest BCUT2D eigenvalue weighted by Gasteiger charge is -2.07. The van der Waals surface area contributed by atoms with Gasteiger partial charge in [-0.15, -0.1) is 0 Å². The third-order valence-corrected chi connectivity index (χ3v) is 3.31. The van der Waals surface area contributed by atoms with Gasteiger partial charge in [-0.25, -0.2) is 0 Å². The second-order valence-electron chi connectivity index (χ2n) is 4.75. The van der Waals surface area contributed by atoms with Crippen molar-refractivity contribution >= 4 is 5.71 Å². The van der Waals surface area contributed by atoms with E-state index in [0.717, 1.165) is 23.3 Å². The zero-order valence-electron chi connectivity index (χ0n) is 10.5. The van der Waals surface area contributed by atoms with Crippen LogP contribution >= 0.6 is 0 Å². The fraction of sp³-hybridized carbons (Fsp3) is 0.176. The fourth-order valence-electron chi connectivity index (χ4n) is 2.14. The van der Waals surface area contributed by atoms with Crippen LogP contribution in [0.4, 0.5) is 0 Å². The molecule has 0 saturated heterocycles. The Balaban J connectivity index is 2.00. The van der Waals surface area contributed by atoms with Crippen LogP contribution in [0.1, 0.15) is 17.5 Å². The molecular formula is C17H14N2. The molecule has 0 aromatic heterocycles. The number of benzene rings is 2. The third-order valence-electron chi connectivity index (χ3n) is 3.31. The molecule has 2 aromatic rings. The Kier molecular flexibility index (Phi) is 3.12. The first-order valence-corrected chi connectivity index (χ1v) is 6.47. The Morgan fingerprint density at radius 1 is 0.947 bits per heavy atom. The van der Waals surface area contributed by atoms with Gasteiger partial charge in [0.1, 0.15) is 0 Å². The Bertz CT molecular complexity index is 582. The molecule has 0 radical (unpaired) electrons. The standard InChI is InChI=1S/C17H14N2/c18-12-15-11-16(15)19-17(13-7-3-1-4-8-13)14-9-5-2-6-10-14/h1-10,15-16H,11H2/t15-,16-/m0/s1. The molecule has 0 spiro atoms. The van der Waals surface area contributed by atoms with Crippen molar-refractivity contribution in [3.05, 3.63) is 71.8 Å². The molecule has 3 rings (SSSR count). The summed E-state index contributed by atoms with van der Waals surface area (Å²) in [4.78, 5) is 4.77. The lowest BCUT2D eigenvalue weighted by Crippen LogP contribution is -2.05. The summed E-state index contributed by atoms with van der Waals surface area (Å²) in [6, 6.07) is 22.8. The van der Waals surface area contributed by atoms with Gasteiger partial charge < -0.3 is 0 Å². The molecule has 2 heteroatoms. The average Bonchev–Trinajstić information content (AvgIpc) is 3.25. The summed E-state index contributed by atoms with van der Waals surface area (Å²) in [7, 11) is 0. The molecule has 2 atom stereocenters. The molecule has 1 saturated carbocycles. The van der Waals surface area contributed by atoms with Crippen LogP contribution in [-0.2, 0) is 0 Å². The van der Waals surface area contributed by atoms with Crippen LogP contribution in [-0.4, -0.2) is 11.8 Å². The predicted octanol–water partition coefficient (Wildman–Crippen LogP) is 3.44. The Hall–Kier alpha value is -2.40. The molecule has 1 fully saturated rings. The van der Waals surface area contributed by atoms with E-state index in [2.05, 4.69) is 30.3 Å². The summed E-state index contributed by atoms with van der Waals surface area (Å²) < 4.78 is 0. The highest BCUT2D eigenvalue weighted by atomic mass is 14.9. The van der Waals surface area contributed by atoms with Gasteiger partial charge in [-0.05, 0) is 6.42 Å². The van der Waals surface area contributed by atoms with Crippen LogP contribution in [0.3, 0.4) is 0 Å².